The van der Waals surface area contributed by atoms with Crippen LogP contribution in [0.1, 0.15) is 29.6 Å². The predicted molar refractivity (Wildman–Crippen MR) is 94.6 cm³/mol. The van der Waals surface area contributed by atoms with Gasteiger partial charge in [0.15, 0.2) is 11.5 Å². The van der Waals surface area contributed by atoms with Gasteiger partial charge in [0.1, 0.15) is 5.75 Å². The minimum absolute atomic E-state index is 0.0711. The second-order valence-electron chi connectivity index (χ2n) is 5.91. The fraction of sp³-hybridized carbons (Fsp3) is 0.611. The molecule has 1 aromatic rings. The minimum atomic E-state index is -0.0711. The Kier molecular flexibility index (Phi) is 7.33. The number of hydrogen-bond donors (Lipinski definition) is 1. The van der Waals surface area contributed by atoms with Crippen molar-refractivity contribution < 1.29 is 23.7 Å². The smallest absolute Gasteiger partial charge is 0.257 e. The molecule has 0 radical (unpaired) electrons. The molecule has 0 aliphatic carbocycles. The molecule has 0 atom stereocenters. The van der Waals surface area contributed by atoms with Gasteiger partial charge in [-0.3, -0.25) is 4.79 Å². The Morgan fingerprint density at radius 1 is 1.08 bits per heavy atom. The third kappa shape index (κ3) is 4.76. The highest BCUT2D eigenvalue weighted by Crippen LogP contribution is 2.35. The summed E-state index contributed by atoms with van der Waals surface area (Å²) in [6.07, 6.45) is 2.71. The average molecular weight is 352 g/mol. The summed E-state index contributed by atoms with van der Waals surface area (Å²) in [5, 5.41) is 0. The van der Waals surface area contributed by atoms with Gasteiger partial charge in [-0.05, 0) is 25.8 Å². The van der Waals surface area contributed by atoms with Crippen LogP contribution < -0.4 is 19.9 Å². The number of nitrogens with zero attached hydrogens (tertiary/aromatic N) is 1. The van der Waals surface area contributed by atoms with Crippen LogP contribution in [0.4, 0.5) is 0 Å². The van der Waals surface area contributed by atoms with Crippen LogP contribution in [0.25, 0.3) is 0 Å². The number of rotatable bonds is 8. The molecule has 0 bridgehead atoms. The van der Waals surface area contributed by atoms with Crippen LogP contribution in [0.5, 0.6) is 17.2 Å². The van der Waals surface area contributed by atoms with E-state index in [9.17, 15) is 4.79 Å². The summed E-state index contributed by atoms with van der Waals surface area (Å²) in [6.45, 7) is 2.63. The molecule has 0 saturated carbocycles. The molecule has 1 aliphatic rings. The van der Waals surface area contributed by atoms with E-state index < -0.39 is 0 Å². The number of ether oxygens (including phenoxy) is 4. The molecule has 1 amide bonds. The van der Waals surface area contributed by atoms with Gasteiger partial charge in [-0.2, -0.15) is 0 Å². The van der Waals surface area contributed by atoms with E-state index in [0.717, 1.165) is 19.3 Å². The van der Waals surface area contributed by atoms with Gasteiger partial charge in [-0.25, -0.2) is 0 Å². The Bertz CT molecular complexity index is 571. The predicted octanol–water partition coefficient (Wildman–Crippen LogP) is 1.68. The largest absolute Gasteiger partial charge is 0.496 e. The topological polar surface area (TPSA) is 83.2 Å². The number of nitrogens with two attached hydrogens (primary N) is 1. The number of piperidine rings is 1. The Hall–Kier alpha value is -1.99. The summed E-state index contributed by atoms with van der Waals surface area (Å²) in [4.78, 5) is 14.7. The summed E-state index contributed by atoms with van der Waals surface area (Å²) >= 11 is 0. The van der Waals surface area contributed by atoms with Crippen molar-refractivity contribution in [3.63, 3.8) is 0 Å². The van der Waals surface area contributed by atoms with Gasteiger partial charge >= 0.3 is 0 Å². The molecule has 7 nitrogen and oxygen atoms in total. The zero-order chi connectivity index (χ0) is 18.2. The van der Waals surface area contributed by atoms with Gasteiger partial charge in [0.05, 0.1) is 33.0 Å². The quantitative estimate of drug-likeness (QED) is 0.717. The van der Waals surface area contributed by atoms with Crippen LogP contribution in [0.15, 0.2) is 12.1 Å². The highest BCUT2D eigenvalue weighted by atomic mass is 16.5. The summed E-state index contributed by atoms with van der Waals surface area (Å²) < 4.78 is 21.7. The molecule has 0 aromatic heterocycles. The van der Waals surface area contributed by atoms with E-state index in [1.807, 2.05) is 4.90 Å². The third-order valence-corrected chi connectivity index (χ3v) is 4.37. The third-order valence-electron chi connectivity index (χ3n) is 4.37. The van der Waals surface area contributed by atoms with Crippen molar-refractivity contribution in [1.29, 1.82) is 0 Å². The maximum Gasteiger partial charge on any atom is 0.257 e. The Morgan fingerprint density at radius 2 is 1.68 bits per heavy atom. The van der Waals surface area contributed by atoms with Gasteiger partial charge < -0.3 is 29.6 Å². The van der Waals surface area contributed by atoms with E-state index >= 15 is 0 Å². The fourth-order valence-corrected chi connectivity index (χ4v) is 2.93. The van der Waals surface area contributed by atoms with Crippen molar-refractivity contribution in [2.45, 2.75) is 25.4 Å². The molecule has 2 N–H and O–H groups in total. The number of hydrogen-bond acceptors (Lipinski definition) is 6. The highest BCUT2D eigenvalue weighted by molar-refractivity contribution is 5.98. The molecule has 140 valence electrons. The number of benzene rings is 1. The maximum atomic E-state index is 12.9. The SMILES string of the molecule is COc1cc(OC)c(C(=O)N2CCC(OCCCN)CC2)cc1OC. The average Bonchev–Trinajstić information content (AvgIpc) is 2.67. The normalized spacial score (nSPS) is 15.1. The first kappa shape index (κ1) is 19.3. The first-order chi connectivity index (χ1) is 12.1. The lowest BCUT2D eigenvalue weighted by Gasteiger charge is -2.32. The highest BCUT2D eigenvalue weighted by Gasteiger charge is 2.27. The molecule has 1 aliphatic heterocycles. The Labute approximate surface area is 149 Å². The fourth-order valence-electron chi connectivity index (χ4n) is 2.93. The van der Waals surface area contributed by atoms with Gasteiger partial charge in [-0.1, -0.05) is 0 Å². The molecule has 0 spiro atoms. The summed E-state index contributed by atoms with van der Waals surface area (Å²) in [6, 6.07) is 3.35. The van der Waals surface area contributed by atoms with Crippen LogP contribution in [-0.2, 0) is 4.74 Å². The van der Waals surface area contributed by atoms with Crippen LogP contribution >= 0.6 is 0 Å². The molecule has 1 aromatic carbocycles. The van der Waals surface area contributed by atoms with Crippen molar-refractivity contribution in [3.05, 3.63) is 17.7 Å². The monoisotopic (exact) mass is 352 g/mol. The molecule has 1 fully saturated rings. The van der Waals surface area contributed by atoms with E-state index in [2.05, 4.69) is 0 Å². The van der Waals surface area contributed by atoms with Crippen molar-refractivity contribution >= 4 is 5.91 Å². The molecule has 1 saturated heterocycles. The number of carbonyl (C=O) groups is 1. The van der Waals surface area contributed by atoms with E-state index in [-0.39, 0.29) is 12.0 Å². The molecule has 2 rings (SSSR count). The van der Waals surface area contributed by atoms with Crippen molar-refractivity contribution in [2.24, 2.45) is 5.73 Å². The summed E-state index contributed by atoms with van der Waals surface area (Å²) in [7, 11) is 4.63. The first-order valence-electron chi connectivity index (χ1n) is 8.55. The summed E-state index contributed by atoms with van der Waals surface area (Å²) in [5.74, 6) is 1.44. The molecule has 0 unspecified atom stereocenters. The van der Waals surface area contributed by atoms with Crippen LogP contribution in [0.2, 0.25) is 0 Å². The molecule has 7 heteroatoms. The van der Waals surface area contributed by atoms with Crippen molar-refractivity contribution in [1.82, 2.24) is 4.90 Å². The zero-order valence-corrected chi connectivity index (χ0v) is 15.2. The second-order valence-corrected chi connectivity index (χ2v) is 5.91. The Balaban J connectivity index is 2.06. The first-order valence-corrected chi connectivity index (χ1v) is 8.55. The second kappa shape index (κ2) is 9.48. The minimum Gasteiger partial charge on any atom is -0.496 e. The number of likely N-dealkylation sites (tertiary alicyclic amines) is 1. The van der Waals surface area contributed by atoms with Gasteiger partial charge in [0.25, 0.3) is 5.91 Å². The summed E-state index contributed by atoms with van der Waals surface area (Å²) in [5.41, 5.74) is 5.95. The van der Waals surface area contributed by atoms with E-state index in [0.29, 0.717) is 49.1 Å². The van der Waals surface area contributed by atoms with Gasteiger partial charge in [-0.15, -0.1) is 0 Å². The van der Waals surface area contributed by atoms with Gasteiger partial charge in [0, 0.05) is 31.8 Å². The molecular weight excluding hydrogens is 324 g/mol. The lowest BCUT2D eigenvalue weighted by atomic mass is 10.1. The van der Waals surface area contributed by atoms with Crippen LogP contribution in [-0.4, -0.2) is 64.5 Å². The van der Waals surface area contributed by atoms with Crippen molar-refractivity contribution in [3.8, 4) is 17.2 Å². The van der Waals surface area contributed by atoms with E-state index in [4.69, 9.17) is 24.7 Å². The van der Waals surface area contributed by atoms with Crippen LogP contribution in [0, 0.1) is 0 Å². The molecule has 1 heterocycles. The lowest BCUT2D eigenvalue weighted by molar-refractivity contribution is 0.00837. The lowest BCUT2D eigenvalue weighted by Crippen LogP contribution is -2.41. The standard InChI is InChI=1S/C18H28N2O5/c1-22-15-12-17(24-3)16(23-2)11-14(15)18(21)20-8-5-13(6-9-20)25-10-4-7-19/h11-13H,4-10,19H2,1-3H3. The van der Waals surface area contributed by atoms with E-state index in [1.54, 1.807) is 26.4 Å². The van der Waals surface area contributed by atoms with Crippen LogP contribution in [0.3, 0.4) is 0 Å². The van der Waals surface area contributed by atoms with E-state index in [1.165, 1.54) is 7.11 Å². The molecular formula is C18H28N2O5. The van der Waals surface area contributed by atoms with Gasteiger partial charge in [0.2, 0.25) is 0 Å². The Morgan fingerprint density at radius 3 is 2.24 bits per heavy atom. The number of carbonyl (C=O) groups excluding carboxylic acids is 1. The zero-order valence-electron chi connectivity index (χ0n) is 15.2. The number of methoxy groups -OCH3 is 3. The maximum absolute atomic E-state index is 12.9. The van der Waals surface area contributed by atoms with Crippen molar-refractivity contribution in [2.75, 3.05) is 47.6 Å². The number of amides is 1. The molecule has 25 heavy (non-hydrogen) atoms.